The predicted octanol–water partition coefficient (Wildman–Crippen LogP) is 4.19. The van der Waals surface area contributed by atoms with Crippen molar-refractivity contribution < 1.29 is 8.78 Å². The fourth-order valence-corrected chi connectivity index (χ4v) is 2.05. The van der Waals surface area contributed by atoms with Crippen molar-refractivity contribution in [2.24, 2.45) is 0 Å². The van der Waals surface area contributed by atoms with Crippen LogP contribution in [0, 0.1) is 0 Å². The molecule has 1 aromatic carbocycles. The van der Waals surface area contributed by atoms with Gasteiger partial charge < -0.3 is 5.32 Å². The van der Waals surface area contributed by atoms with Crippen LogP contribution in [0.4, 0.5) is 20.3 Å². The second-order valence-electron chi connectivity index (χ2n) is 3.23. The summed E-state index contributed by atoms with van der Waals surface area (Å²) in [7, 11) is 0. The lowest BCUT2D eigenvalue weighted by molar-refractivity contribution is 0.252. The number of halogens is 3. The zero-order valence-corrected chi connectivity index (χ0v) is 10.6. The Morgan fingerprint density at radius 2 is 2.00 bits per heavy atom. The van der Waals surface area contributed by atoms with E-state index in [0.29, 0.717) is 28.2 Å². The molecule has 0 saturated carbocycles. The number of thioether (sulfide) groups is 1. The Kier molecular flexibility index (Phi) is 4.33. The molecule has 94 valence electrons. The van der Waals surface area contributed by atoms with Crippen molar-refractivity contribution in [1.82, 2.24) is 9.97 Å². The molecule has 0 atom stereocenters. The van der Waals surface area contributed by atoms with Crippen LogP contribution in [0.25, 0.3) is 0 Å². The molecule has 3 nitrogen and oxygen atoms in total. The van der Waals surface area contributed by atoms with Crippen molar-refractivity contribution in [2.45, 2.75) is 10.7 Å². The fraction of sp³-hybridized carbons (Fsp3) is 0.0909. The quantitative estimate of drug-likeness (QED) is 0.856. The highest BCUT2D eigenvalue weighted by Gasteiger charge is 2.10. The molecule has 0 spiro atoms. The lowest BCUT2D eigenvalue weighted by atomic mass is 10.3. The molecule has 0 unspecified atom stereocenters. The van der Waals surface area contributed by atoms with Crippen molar-refractivity contribution in [3.05, 3.63) is 41.8 Å². The van der Waals surface area contributed by atoms with Gasteiger partial charge >= 0.3 is 0 Å². The van der Waals surface area contributed by atoms with Crippen LogP contribution < -0.4 is 5.32 Å². The smallest absolute Gasteiger partial charge is 0.288 e. The molecule has 18 heavy (non-hydrogen) atoms. The first kappa shape index (κ1) is 13.0. The van der Waals surface area contributed by atoms with Gasteiger partial charge in [0.25, 0.3) is 5.76 Å². The molecular weight excluding hydrogens is 280 g/mol. The van der Waals surface area contributed by atoms with Gasteiger partial charge in [-0.15, -0.1) is 0 Å². The number of hydrogen-bond donors (Lipinski definition) is 1. The number of aromatic nitrogens is 2. The maximum atomic E-state index is 12.4. The van der Waals surface area contributed by atoms with Gasteiger partial charge in [-0.25, -0.2) is 4.98 Å². The van der Waals surface area contributed by atoms with E-state index < -0.39 is 5.76 Å². The number of rotatable bonds is 4. The number of benzene rings is 1. The summed E-state index contributed by atoms with van der Waals surface area (Å²) in [6.07, 6.45) is 2.86. The summed E-state index contributed by atoms with van der Waals surface area (Å²) in [5, 5.41) is 3.14. The van der Waals surface area contributed by atoms with E-state index in [9.17, 15) is 8.78 Å². The molecule has 2 aromatic rings. The largest absolute Gasteiger partial charge is 0.338 e. The second-order valence-corrected chi connectivity index (χ2v) is 4.65. The van der Waals surface area contributed by atoms with Crippen LogP contribution in [0.2, 0.25) is 5.15 Å². The van der Waals surface area contributed by atoms with Crippen LogP contribution >= 0.6 is 23.4 Å². The average molecular weight is 288 g/mol. The van der Waals surface area contributed by atoms with Gasteiger partial charge in [0.2, 0.25) is 0 Å². The van der Waals surface area contributed by atoms with Crippen LogP contribution in [-0.2, 0) is 0 Å². The van der Waals surface area contributed by atoms with Gasteiger partial charge in [-0.2, -0.15) is 8.78 Å². The van der Waals surface area contributed by atoms with Crippen molar-refractivity contribution in [3.63, 3.8) is 0 Å². The Morgan fingerprint density at radius 1 is 1.22 bits per heavy atom. The van der Waals surface area contributed by atoms with Gasteiger partial charge in [0, 0.05) is 4.90 Å². The molecule has 1 N–H and O–H groups in total. The topological polar surface area (TPSA) is 37.8 Å². The third-order valence-electron chi connectivity index (χ3n) is 1.97. The highest BCUT2D eigenvalue weighted by Crippen LogP contribution is 2.32. The summed E-state index contributed by atoms with van der Waals surface area (Å²) in [6, 6.07) is 6.74. The van der Waals surface area contributed by atoms with Crippen molar-refractivity contribution in [2.75, 3.05) is 5.32 Å². The molecule has 0 amide bonds. The molecule has 0 aliphatic carbocycles. The van der Waals surface area contributed by atoms with E-state index in [2.05, 4.69) is 15.3 Å². The fourth-order valence-electron chi connectivity index (χ4n) is 1.31. The SMILES string of the molecule is FC(F)Sc1ccccc1Nc1cncc(Cl)n1. The Bertz CT molecular complexity index is 539. The van der Waals surface area contributed by atoms with E-state index in [1.54, 1.807) is 24.3 Å². The zero-order chi connectivity index (χ0) is 13.0. The van der Waals surface area contributed by atoms with Gasteiger partial charge in [0.1, 0.15) is 5.15 Å². The number of para-hydroxylation sites is 1. The maximum Gasteiger partial charge on any atom is 0.288 e. The number of alkyl halides is 2. The van der Waals surface area contributed by atoms with Gasteiger partial charge in [0.15, 0.2) is 5.82 Å². The van der Waals surface area contributed by atoms with E-state index in [1.807, 2.05) is 0 Å². The Morgan fingerprint density at radius 3 is 2.72 bits per heavy atom. The summed E-state index contributed by atoms with van der Waals surface area (Å²) < 4.78 is 24.8. The standard InChI is InChI=1S/C11H8ClF2N3S/c12-9-5-15-6-10(17-9)16-7-3-1-2-4-8(7)18-11(13)14/h1-6,11H,(H,16,17). The minimum atomic E-state index is -2.47. The van der Waals surface area contributed by atoms with Crippen LogP contribution in [0.1, 0.15) is 0 Å². The summed E-state index contributed by atoms with van der Waals surface area (Å²) in [4.78, 5) is 8.28. The molecule has 0 fully saturated rings. The van der Waals surface area contributed by atoms with Crippen LogP contribution in [0.15, 0.2) is 41.6 Å². The van der Waals surface area contributed by atoms with Crippen LogP contribution in [0.5, 0.6) is 0 Å². The molecular formula is C11H8ClF2N3S. The molecule has 0 aliphatic rings. The van der Waals surface area contributed by atoms with Gasteiger partial charge in [-0.05, 0) is 12.1 Å². The van der Waals surface area contributed by atoms with E-state index in [4.69, 9.17) is 11.6 Å². The first-order valence-electron chi connectivity index (χ1n) is 4.93. The third kappa shape index (κ3) is 3.54. The highest BCUT2D eigenvalue weighted by atomic mass is 35.5. The first-order valence-corrected chi connectivity index (χ1v) is 6.19. The molecule has 1 heterocycles. The summed E-state index contributed by atoms with van der Waals surface area (Å²) in [5.74, 6) is -2.07. The number of hydrogen-bond acceptors (Lipinski definition) is 4. The Labute approximate surface area is 112 Å². The van der Waals surface area contributed by atoms with Gasteiger partial charge in [0.05, 0.1) is 18.1 Å². The van der Waals surface area contributed by atoms with Crippen molar-refractivity contribution in [3.8, 4) is 0 Å². The number of anilines is 2. The lowest BCUT2D eigenvalue weighted by Gasteiger charge is -2.10. The van der Waals surface area contributed by atoms with Crippen LogP contribution in [-0.4, -0.2) is 15.7 Å². The highest BCUT2D eigenvalue weighted by molar-refractivity contribution is 7.99. The van der Waals surface area contributed by atoms with E-state index in [-0.39, 0.29) is 5.15 Å². The lowest BCUT2D eigenvalue weighted by Crippen LogP contribution is -1.96. The summed E-state index contributed by atoms with van der Waals surface area (Å²) in [6.45, 7) is 0. The predicted molar refractivity (Wildman–Crippen MR) is 68.6 cm³/mol. The summed E-state index contributed by atoms with van der Waals surface area (Å²) >= 11 is 6.17. The van der Waals surface area contributed by atoms with Crippen LogP contribution in [0.3, 0.4) is 0 Å². The number of nitrogens with zero attached hydrogens (tertiary/aromatic N) is 2. The van der Waals surface area contributed by atoms with Crippen molar-refractivity contribution in [1.29, 1.82) is 0 Å². The second kappa shape index (κ2) is 5.97. The first-order chi connectivity index (χ1) is 8.65. The van der Waals surface area contributed by atoms with E-state index in [1.165, 1.54) is 12.4 Å². The normalized spacial score (nSPS) is 10.7. The minimum Gasteiger partial charge on any atom is -0.338 e. The minimum absolute atomic E-state index is 0.235. The van der Waals surface area contributed by atoms with E-state index in [0.717, 1.165) is 0 Å². The molecule has 2 rings (SSSR count). The van der Waals surface area contributed by atoms with Gasteiger partial charge in [-0.3, -0.25) is 4.98 Å². The molecule has 1 aromatic heterocycles. The average Bonchev–Trinajstić information content (AvgIpc) is 2.31. The molecule has 0 radical (unpaired) electrons. The van der Waals surface area contributed by atoms with Gasteiger partial charge in [-0.1, -0.05) is 35.5 Å². The molecule has 0 aliphatic heterocycles. The molecule has 0 bridgehead atoms. The number of nitrogens with one attached hydrogen (secondary N) is 1. The summed E-state index contributed by atoms with van der Waals surface area (Å²) in [5.41, 5.74) is 0.541. The third-order valence-corrected chi connectivity index (χ3v) is 2.94. The molecule has 0 saturated heterocycles. The van der Waals surface area contributed by atoms with E-state index >= 15 is 0 Å². The maximum absolute atomic E-state index is 12.4. The Balaban J connectivity index is 2.23. The monoisotopic (exact) mass is 287 g/mol. The van der Waals surface area contributed by atoms with Crippen molar-refractivity contribution >= 4 is 34.9 Å². The molecule has 7 heteroatoms. The zero-order valence-electron chi connectivity index (χ0n) is 8.98. The Hall–Kier alpha value is -1.40.